The number of nitrogens with zero attached hydrogens (tertiary/aromatic N) is 3. The van der Waals surface area contributed by atoms with Gasteiger partial charge in [-0.05, 0) is 63.1 Å². The topological polar surface area (TPSA) is 76.9 Å². The van der Waals surface area contributed by atoms with E-state index < -0.39 is 0 Å². The van der Waals surface area contributed by atoms with Gasteiger partial charge < -0.3 is 5.32 Å². The van der Waals surface area contributed by atoms with Crippen LogP contribution >= 0.6 is 11.8 Å². The molecule has 0 aliphatic heterocycles. The SMILES string of the molecule is CC(=O)c1ccc(NC(=O)C(C)Sc2nnc(C3CC3)n2-c2ccccc2)cc1. The number of thioether (sulfide) groups is 1. The highest BCUT2D eigenvalue weighted by Gasteiger charge is 2.31. The highest BCUT2D eigenvalue weighted by Crippen LogP contribution is 2.41. The minimum absolute atomic E-state index is 0.00137. The summed E-state index contributed by atoms with van der Waals surface area (Å²) >= 11 is 1.39. The first-order chi connectivity index (χ1) is 14.0. The Morgan fingerprint density at radius 2 is 1.76 bits per heavy atom. The number of amides is 1. The summed E-state index contributed by atoms with van der Waals surface area (Å²) in [6.07, 6.45) is 2.25. The summed E-state index contributed by atoms with van der Waals surface area (Å²) in [5, 5.41) is 12.0. The molecule has 1 N–H and O–H groups in total. The van der Waals surface area contributed by atoms with Gasteiger partial charge in [0.15, 0.2) is 10.9 Å². The molecule has 1 fully saturated rings. The molecule has 0 bridgehead atoms. The number of carbonyl (C=O) groups excluding carboxylic acids is 2. The van der Waals surface area contributed by atoms with Gasteiger partial charge in [-0.15, -0.1) is 10.2 Å². The Bertz CT molecular complexity index is 1030. The predicted molar refractivity (Wildman–Crippen MR) is 114 cm³/mol. The summed E-state index contributed by atoms with van der Waals surface area (Å²) < 4.78 is 2.06. The molecule has 1 aliphatic carbocycles. The molecule has 3 aromatic rings. The smallest absolute Gasteiger partial charge is 0.237 e. The molecule has 1 aromatic heterocycles. The van der Waals surface area contributed by atoms with Crippen LogP contribution in [0.25, 0.3) is 5.69 Å². The van der Waals surface area contributed by atoms with Crippen molar-refractivity contribution in [2.75, 3.05) is 5.32 Å². The van der Waals surface area contributed by atoms with Crippen LogP contribution < -0.4 is 5.32 Å². The van der Waals surface area contributed by atoms with Gasteiger partial charge in [0, 0.05) is 22.9 Å². The second-order valence-corrected chi connectivity index (χ2v) is 8.48. The maximum absolute atomic E-state index is 12.7. The number of para-hydroxylation sites is 1. The van der Waals surface area contributed by atoms with Crippen molar-refractivity contribution in [1.82, 2.24) is 14.8 Å². The second kappa shape index (κ2) is 8.21. The van der Waals surface area contributed by atoms with Crippen LogP contribution in [0.3, 0.4) is 0 Å². The lowest BCUT2D eigenvalue weighted by Crippen LogP contribution is -2.23. The van der Waals surface area contributed by atoms with E-state index in [1.165, 1.54) is 18.7 Å². The van der Waals surface area contributed by atoms with E-state index in [4.69, 9.17) is 0 Å². The van der Waals surface area contributed by atoms with E-state index in [1.54, 1.807) is 24.3 Å². The fourth-order valence-electron chi connectivity index (χ4n) is 3.03. The molecule has 6 nitrogen and oxygen atoms in total. The van der Waals surface area contributed by atoms with Crippen LogP contribution in [0.2, 0.25) is 0 Å². The third-order valence-corrected chi connectivity index (χ3v) is 5.87. The zero-order valence-electron chi connectivity index (χ0n) is 16.3. The molecule has 4 rings (SSSR count). The van der Waals surface area contributed by atoms with Gasteiger partial charge in [0.25, 0.3) is 0 Å². The maximum atomic E-state index is 12.7. The van der Waals surface area contributed by atoms with Crippen molar-refractivity contribution < 1.29 is 9.59 Å². The van der Waals surface area contributed by atoms with Crippen molar-refractivity contribution in [3.63, 3.8) is 0 Å². The van der Waals surface area contributed by atoms with E-state index >= 15 is 0 Å². The molecule has 0 saturated heterocycles. The zero-order chi connectivity index (χ0) is 20.4. The molecule has 0 spiro atoms. The summed E-state index contributed by atoms with van der Waals surface area (Å²) in [4.78, 5) is 24.1. The van der Waals surface area contributed by atoms with Crippen LogP contribution in [0.4, 0.5) is 5.69 Å². The van der Waals surface area contributed by atoms with Crippen molar-refractivity contribution in [2.24, 2.45) is 0 Å². The van der Waals surface area contributed by atoms with E-state index in [2.05, 4.69) is 20.1 Å². The number of ketones is 1. The van der Waals surface area contributed by atoms with Crippen LogP contribution in [0.15, 0.2) is 59.8 Å². The Balaban J connectivity index is 1.50. The first kappa shape index (κ1) is 19.4. The molecular formula is C22H22N4O2S. The van der Waals surface area contributed by atoms with Gasteiger partial charge in [-0.1, -0.05) is 30.0 Å². The first-order valence-corrected chi connectivity index (χ1v) is 10.5. The number of nitrogens with one attached hydrogen (secondary N) is 1. The van der Waals surface area contributed by atoms with Crippen LogP contribution in [-0.4, -0.2) is 31.7 Å². The molecule has 1 heterocycles. The molecule has 2 aromatic carbocycles. The lowest BCUT2D eigenvalue weighted by atomic mass is 10.1. The van der Waals surface area contributed by atoms with Crippen molar-refractivity contribution in [1.29, 1.82) is 0 Å². The van der Waals surface area contributed by atoms with Gasteiger partial charge in [0.05, 0.1) is 5.25 Å². The van der Waals surface area contributed by atoms with E-state index in [0.29, 0.717) is 22.3 Å². The van der Waals surface area contributed by atoms with Crippen molar-refractivity contribution in [2.45, 2.75) is 43.0 Å². The van der Waals surface area contributed by atoms with E-state index in [1.807, 2.05) is 37.3 Å². The average Bonchev–Trinajstić information content (AvgIpc) is 3.49. The number of Topliss-reactive ketones (excluding diaryl/α,β-unsaturated/α-hetero) is 1. The summed E-state index contributed by atoms with van der Waals surface area (Å²) in [7, 11) is 0. The first-order valence-electron chi connectivity index (χ1n) is 9.62. The number of carbonyl (C=O) groups is 2. The van der Waals surface area contributed by atoms with Gasteiger partial charge in [0.2, 0.25) is 5.91 Å². The molecule has 1 saturated carbocycles. The maximum Gasteiger partial charge on any atom is 0.237 e. The molecule has 7 heteroatoms. The standard InChI is InChI=1S/C22H22N4O2S/c1-14(27)16-10-12-18(13-11-16)23-21(28)15(2)29-22-25-24-20(17-8-9-17)26(22)19-6-4-3-5-7-19/h3-7,10-13,15,17H,8-9H2,1-2H3,(H,23,28). The van der Waals surface area contributed by atoms with Gasteiger partial charge in [-0.2, -0.15) is 0 Å². The third kappa shape index (κ3) is 4.40. The molecule has 1 unspecified atom stereocenters. The van der Waals surface area contributed by atoms with Crippen molar-refractivity contribution in [3.05, 3.63) is 66.0 Å². The Morgan fingerprint density at radius 1 is 1.07 bits per heavy atom. The fourth-order valence-corrected chi connectivity index (χ4v) is 3.90. The number of aromatic nitrogens is 3. The Morgan fingerprint density at radius 3 is 2.38 bits per heavy atom. The fraction of sp³-hybridized carbons (Fsp3) is 0.273. The van der Waals surface area contributed by atoms with Crippen molar-refractivity contribution >= 4 is 29.1 Å². The number of anilines is 1. The van der Waals surface area contributed by atoms with Crippen LogP contribution in [0, 0.1) is 0 Å². The molecule has 1 amide bonds. The highest BCUT2D eigenvalue weighted by atomic mass is 32.2. The van der Waals surface area contributed by atoms with Crippen molar-refractivity contribution in [3.8, 4) is 5.69 Å². The zero-order valence-corrected chi connectivity index (χ0v) is 17.1. The molecular weight excluding hydrogens is 384 g/mol. The highest BCUT2D eigenvalue weighted by molar-refractivity contribution is 8.00. The number of hydrogen-bond acceptors (Lipinski definition) is 5. The summed E-state index contributed by atoms with van der Waals surface area (Å²) in [6.45, 7) is 3.37. The predicted octanol–water partition coefficient (Wildman–Crippen LogP) is 4.47. The monoisotopic (exact) mass is 406 g/mol. The summed E-state index contributed by atoms with van der Waals surface area (Å²) in [5.41, 5.74) is 2.29. The third-order valence-electron chi connectivity index (χ3n) is 4.83. The van der Waals surface area contributed by atoms with Gasteiger partial charge >= 0.3 is 0 Å². The Labute approximate surface area is 173 Å². The second-order valence-electron chi connectivity index (χ2n) is 7.17. The molecule has 148 valence electrons. The normalized spacial score (nSPS) is 14.4. The molecule has 1 aliphatic rings. The largest absolute Gasteiger partial charge is 0.325 e. The van der Waals surface area contributed by atoms with E-state index in [-0.39, 0.29) is 16.9 Å². The summed E-state index contributed by atoms with van der Waals surface area (Å²) in [6, 6.07) is 16.9. The number of hydrogen-bond donors (Lipinski definition) is 1. The average molecular weight is 407 g/mol. The van der Waals surface area contributed by atoms with Crippen LogP contribution in [0.1, 0.15) is 48.8 Å². The van der Waals surface area contributed by atoms with Crippen LogP contribution in [0.5, 0.6) is 0 Å². The Kier molecular flexibility index (Phi) is 5.49. The minimum Gasteiger partial charge on any atom is -0.325 e. The van der Waals surface area contributed by atoms with Gasteiger partial charge in [-0.25, -0.2) is 0 Å². The molecule has 0 radical (unpaired) electrons. The lowest BCUT2D eigenvalue weighted by molar-refractivity contribution is -0.115. The number of benzene rings is 2. The van der Waals surface area contributed by atoms with E-state index in [0.717, 1.165) is 24.4 Å². The minimum atomic E-state index is -0.360. The van der Waals surface area contributed by atoms with E-state index in [9.17, 15) is 9.59 Å². The lowest BCUT2D eigenvalue weighted by Gasteiger charge is -2.14. The number of rotatable bonds is 7. The molecule has 29 heavy (non-hydrogen) atoms. The Hall–Kier alpha value is -2.93. The van der Waals surface area contributed by atoms with Gasteiger partial charge in [-0.3, -0.25) is 14.2 Å². The van der Waals surface area contributed by atoms with Gasteiger partial charge in [0.1, 0.15) is 5.82 Å². The molecule has 1 atom stereocenters. The summed E-state index contributed by atoms with van der Waals surface area (Å²) in [5.74, 6) is 1.28. The van der Waals surface area contributed by atoms with Crippen LogP contribution in [-0.2, 0) is 4.79 Å². The quantitative estimate of drug-likeness (QED) is 0.463.